The van der Waals surface area contributed by atoms with Gasteiger partial charge in [0.2, 0.25) is 0 Å². The van der Waals surface area contributed by atoms with Crippen LogP contribution in [-0.4, -0.2) is 21.2 Å². The van der Waals surface area contributed by atoms with Crippen molar-refractivity contribution in [2.24, 2.45) is 0 Å². The van der Waals surface area contributed by atoms with Crippen molar-refractivity contribution in [3.05, 3.63) is 18.0 Å². The molecule has 0 saturated heterocycles. The molecule has 0 unspecified atom stereocenters. The Kier molecular flexibility index (Phi) is 2.74. The number of hydrogen-bond donors (Lipinski definition) is 1. The molecule has 1 amide bonds. The Balaban J connectivity index is 1.74. The van der Waals surface area contributed by atoms with Gasteiger partial charge in [0.05, 0.1) is 17.6 Å². The summed E-state index contributed by atoms with van der Waals surface area (Å²) in [5, 5.41) is 2.76. The molecule has 0 radical (unpaired) electrons. The second-order valence-corrected chi connectivity index (χ2v) is 6.02. The monoisotopic (exact) mass is 273 g/mol. The Morgan fingerprint density at radius 2 is 2.15 bits per heavy atom. The van der Waals surface area contributed by atoms with Gasteiger partial charge in [0.25, 0.3) is 0 Å². The zero-order valence-electron chi connectivity index (χ0n) is 12.3. The number of carbonyl (C=O) groups excluding carboxylic acids is 1. The van der Waals surface area contributed by atoms with Crippen LogP contribution in [0.3, 0.4) is 0 Å². The molecule has 0 spiro atoms. The van der Waals surface area contributed by atoms with Gasteiger partial charge < -0.3 is 14.6 Å². The van der Waals surface area contributed by atoms with E-state index in [1.165, 1.54) is 11.1 Å². The largest absolute Gasteiger partial charge is 0.444 e. The lowest BCUT2D eigenvalue weighted by Crippen LogP contribution is -2.32. The van der Waals surface area contributed by atoms with Crippen LogP contribution in [0, 0.1) is 0 Å². The van der Waals surface area contributed by atoms with Crippen LogP contribution < -0.4 is 5.32 Å². The smallest absolute Gasteiger partial charge is 0.408 e. The number of aryl methyl sites for hydroxylation is 1. The molecule has 0 fully saturated rings. The number of benzene rings is 1. The predicted molar refractivity (Wildman–Crippen MR) is 77.5 cm³/mol. The molecule has 1 aromatic heterocycles. The highest BCUT2D eigenvalue weighted by atomic mass is 16.6. The number of nitrogens with zero attached hydrogens (tertiary/aromatic N) is 2. The summed E-state index contributed by atoms with van der Waals surface area (Å²) in [6.07, 6.45) is -0.412. The van der Waals surface area contributed by atoms with Crippen molar-refractivity contribution in [2.45, 2.75) is 46.4 Å². The molecular weight excluding hydrogens is 254 g/mol. The summed E-state index contributed by atoms with van der Waals surface area (Å²) in [6, 6.07) is 4.28. The van der Waals surface area contributed by atoms with E-state index in [0.29, 0.717) is 6.54 Å². The van der Waals surface area contributed by atoms with E-state index < -0.39 is 11.7 Å². The molecule has 0 aliphatic heterocycles. The highest BCUT2D eigenvalue weighted by Crippen LogP contribution is 2.42. The molecule has 0 bridgehead atoms. The van der Waals surface area contributed by atoms with Crippen LogP contribution in [0.2, 0.25) is 0 Å². The van der Waals surface area contributed by atoms with Crippen molar-refractivity contribution < 1.29 is 9.53 Å². The standard InChI is InChI=1S/C15H19N3O2/c1-5-18-11-7-9-6-10(9)13(11)17-12(18)8-16-14(19)20-15(2,3)4/h6-7H,5,8H2,1-4H3,(H,16,19). The first kappa shape index (κ1) is 13.0. The number of nitrogens with one attached hydrogen (secondary N) is 1. The van der Waals surface area contributed by atoms with Gasteiger partial charge in [0, 0.05) is 12.1 Å². The zero-order chi connectivity index (χ0) is 14.5. The number of alkyl carbamates (subject to hydrolysis) is 1. The highest BCUT2D eigenvalue weighted by molar-refractivity contribution is 6.06. The Morgan fingerprint density at radius 3 is 2.80 bits per heavy atom. The molecule has 5 heteroatoms. The van der Waals surface area contributed by atoms with E-state index in [2.05, 4.69) is 33.9 Å². The van der Waals surface area contributed by atoms with E-state index in [1.54, 1.807) is 0 Å². The molecule has 0 atom stereocenters. The summed E-state index contributed by atoms with van der Waals surface area (Å²) in [5.41, 5.74) is 4.24. The third kappa shape index (κ3) is 2.24. The minimum Gasteiger partial charge on any atom is -0.444 e. The molecule has 1 N–H and O–H groups in total. The third-order valence-corrected chi connectivity index (χ3v) is 3.27. The first-order valence-corrected chi connectivity index (χ1v) is 6.89. The number of hydrogen-bond acceptors (Lipinski definition) is 3. The van der Waals surface area contributed by atoms with Crippen LogP contribution >= 0.6 is 0 Å². The Labute approximate surface area is 117 Å². The quantitative estimate of drug-likeness (QED) is 0.798. The summed E-state index contributed by atoms with van der Waals surface area (Å²) in [7, 11) is 0. The van der Waals surface area contributed by atoms with Crippen molar-refractivity contribution in [2.75, 3.05) is 0 Å². The average molecular weight is 273 g/mol. The summed E-state index contributed by atoms with van der Waals surface area (Å²) >= 11 is 0. The van der Waals surface area contributed by atoms with Crippen LogP contribution in [0.25, 0.3) is 22.2 Å². The van der Waals surface area contributed by atoms with E-state index in [1.807, 2.05) is 20.8 Å². The van der Waals surface area contributed by atoms with E-state index in [-0.39, 0.29) is 0 Å². The van der Waals surface area contributed by atoms with Gasteiger partial charge in [-0.2, -0.15) is 0 Å². The van der Waals surface area contributed by atoms with Gasteiger partial charge in [0.15, 0.2) is 0 Å². The maximum Gasteiger partial charge on any atom is 0.408 e. The Bertz CT molecular complexity index is 695. The number of rotatable bonds is 3. The lowest BCUT2D eigenvalue weighted by molar-refractivity contribution is 0.0521. The first-order valence-electron chi connectivity index (χ1n) is 6.89. The van der Waals surface area contributed by atoms with Gasteiger partial charge >= 0.3 is 6.09 Å². The van der Waals surface area contributed by atoms with E-state index >= 15 is 0 Å². The van der Waals surface area contributed by atoms with Crippen LogP contribution in [0.1, 0.15) is 33.5 Å². The van der Waals surface area contributed by atoms with Crippen molar-refractivity contribution in [3.8, 4) is 11.1 Å². The predicted octanol–water partition coefficient (Wildman–Crippen LogP) is 3.06. The third-order valence-electron chi connectivity index (χ3n) is 3.27. The molecule has 106 valence electrons. The van der Waals surface area contributed by atoms with Crippen molar-refractivity contribution >= 4 is 17.1 Å². The maximum atomic E-state index is 11.7. The summed E-state index contributed by atoms with van der Waals surface area (Å²) in [4.78, 5) is 16.3. The summed E-state index contributed by atoms with van der Waals surface area (Å²) < 4.78 is 7.36. The average Bonchev–Trinajstić information content (AvgIpc) is 2.88. The number of carbonyl (C=O) groups is 1. The fourth-order valence-corrected chi connectivity index (χ4v) is 2.40. The van der Waals surface area contributed by atoms with Gasteiger partial charge in [-0.3, -0.25) is 0 Å². The van der Waals surface area contributed by atoms with Crippen molar-refractivity contribution in [1.82, 2.24) is 14.9 Å². The topological polar surface area (TPSA) is 56.2 Å². The minimum absolute atomic E-state index is 0.381. The van der Waals surface area contributed by atoms with Crippen molar-refractivity contribution in [3.63, 3.8) is 0 Å². The molecule has 1 heterocycles. The molecule has 0 aromatic carbocycles. The highest BCUT2D eigenvalue weighted by Gasteiger charge is 2.24. The molecule has 1 aromatic rings. The van der Waals surface area contributed by atoms with Crippen LogP contribution in [0.15, 0.2) is 12.1 Å². The Morgan fingerprint density at radius 1 is 1.40 bits per heavy atom. The normalized spacial score (nSPS) is 12.6. The zero-order valence-corrected chi connectivity index (χ0v) is 12.3. The number of imidazole rings is 1. The van der Waals surface area contributed by atoms with E-state index in [9.17, 15) is 4.79 Å². The summed E-state index contributed by atoms with van der Waals surface area (Å²) in [5.74, 6) is 0.867. The molecule has 5 nitrogen and oxygen atoms in total. The second kappa shape index (κ2) is 4.23. The van der Waals surface area contributed by atoms with Gasteiger partial charge in [-0.05, 0) is 45.4 Å². The van der Waals surface area contributed by atoms with Crippen molar-refractivity contribution in [1.29, 1.82) is 0 Å². The number of aromatic nitrogens is 2. The summed E-state index contributed by atoms with van der Waals surface area (Å²) in [6.45, 7) is 8.84. The molecule has 2 aliphatic rings. The molecule has 0 saturated carbocycles. The lowest BCUT2D eigenvalue weighted by atomic mass is 10.2. The van der Waals surface area contributed by atoms with Gasteiger partial charge in [-0.15, -0.1) is 0 Å². The van der Waals surface area contributed by atoms with Crippen LogP contribution in [0.4, 0.5) is 4.79 Å². The fraction of sp³-hybridized carbons (Fsp3) is 0.467. The second-order valence-electron chi connectivity index (χ2n) is 6.02. The fourth-order valence-electron chi connectivity index (χ4n) is 2.40. The number of ether oxygens (including phenoxy) is 1. The lowest BCUT2D eigenvalue weighted by Gasteiger charge is -2.19. The molecule has 2 aliphatic carbocycles. The molecule has 20 heavy (non-hydrogen) atoms. The SMILES string of the molecule is CCn1c(CNC(=O)OC(C)(C)C)nc2c3cc-3cc21. The minimum atomic E-state index is -0.484. The van der Waals surface area contributed by atoms with Gasteiger partial charge in [0.1, 0.15) is 11.4 Å². The van der Waals surface area contributed by atoms with E-state index in [4.69, 9.17) is 4.74 Å². The molecule has 3 rings (SSSR count). The van der Waals surface area contributed by atoms with E-state index in [0.717, 1.165) is 23.4 Å². The Hall–Kier alpha value is -2.04. The first-order chi connectivity index (χ1) is 9.39. The van der Waals surface area contributed by atoms with Crippen LogP contribution in [-0.2, 0) is 17.8 Å². The molecular formula is C15H19N3O2. The van der Waals surface area contributed by atoms with Gasteiger partial charge in [-0.25, -0.2) is 9.78 Å². The number of amides is 1. The van der Waals surface area contributed by atoms with Gasteiger partial charge in [-0.1, -0.05) is 0 Å². The number of fused-ring (bicyclic) bond motifs is 3. The maximum absolute atomic E-state index is 11.7. The van der Waals surface area contributed by atoms with Crippen LogP contribution in [0.5, 0.6) is 0 Å².